The Balaban J connectivity index is 3.31. The first-order chi connectivity index (χ1) is 44.0. The second kappa shape index (κ2) is 78.8. The van der Waals surface area contributed by atoms with Crippen LogP contribution in [0.1, 0.15) is 470 Å². The van der Waals surface area contributed by atoms with Crippen molar-refractivity contribution in [3.05, 3.63) is 24.3 Å². The van der Waals surface area contributed by atoms with Gasteiger partial charge in [-0.3, -0.25) is 9.59 Å². The van der Waals surface area contributed by atoms with Gasteiger partial charge in [0.2, 0.25) is 5.91 Å². The van der Waals surface area contributed by atoms with Crippen molar-refractivity contribution in [3.8, 4) is 0 Å². The third kappa shape index (κ3) is 75.3. The summed E-state index contributed by atoms with van der Waals surface area (Å²) in [4.78, 5) is 24.6. The summed E-state index contributed by atoms with van der Waals surface area (Å²) < 4.78 is 5.51. The summed E-state index contributed by atoms with van der Waals surface area (Å²) in [5, 5.41) is 23.4. The van der Waals surface area contributed by atoms with Crippen LogP contribution in [0.5, 0.6) is 0 Å². The number of ether oxygens (including phenoxy) is 1. The molecule has 0 saturated heterocycles. The predicted molar refractivity (Wildman–Crippen MR) is 393 cm³/mol. The molecule has 2 unspecified atom stereocenters. The minimum Gasteiger partial charge on any atom is -0.466 e. The number of hydrogen-bond acceptors (Lipinski definition) is 5. The maximum atomic E-state index is 12.5. The lowest BCUT2D eigenvalue weighted by molar-refractivity contribution is -0.143. The Hall–Kier alpha value is -1.66. The molecule has 0 aliphatic rings. The quantitative estimate of drug-likeness (QED) is 0.0320. The molecule has 6 heteroatoms. The molecular formula is C83H161NO5. The Kier molecular flexibility index (Phi) is 77.3. The van der Waals surface area contributed by atoms with E-state index in [4.69, 9.17) is 4.74 Å². The van der Waals surface area contributed by atoms with Gasteiger partial charge < -0.3 is 20.3 Å². The van der Waals surface area contributed by atoms with Crippen molar-refractivity contribution in [2.75, 3.05) is 13.2 Å². The number of esters is 1. The number of hydrogen-bond donors (Lipinski definition) is 3. The van der Waals surface area contributed by atoms with Crippen LogP contribution in [0.2, 0.25) is 0 Å². The van der Waals surface area contributed by atoms with E-state index in [0.717, 1.165) is 44.9 Å². The molecule has 0 radical (unpaired) electrons. The lowest BCUT2D eigenvalue weighted by atomic mass is 10.0. The molecule has 0 bridgehead atoms. The van der Waals surface area contributed by atoms with Crippen LogP contribution in [-0.4, -0.2) is 47.4 Å². The molecule has 0 fully saturated rings. The molecular weight excluding hydrogens is 1090 g/mol. The van der Waals surface area contributed by atoms with E-state index in [1.807, 2.05) is 0 Å². The van der Waals surface area contributed by atoms with E-state index in [9.17, 15) is 19.8 Å². The first kappa shape index (κ1) is 87.3. The number of aliphatic hydroxyl groups excluding tert-OH is 2. The molecule has 0 saturated carbocycles. The van der Waals surface area contributed by atoms with Crippen LogP contribution in [0.15, 0.2) is 24.3 Å². The van der Waals surface area contributed by atoms with Gasteiger partial charge in [-0.1, -0.05) is 404 Å². The highest BCUT2D eigenvalue weighted by molar-refractivity contribution is 5.76. The van der Waals surface area contributed by atoms with Gasteiger partial charge in [-0.15, -0.1) is 0 Å². The largest absolute Gasteiger partial charge is 0.466 e. The van der Waals surface area contributed by atoms with Crippen LogP contribution in [0, 0.1) is 0 Å². The van der Waals surface area contributed by atoms with Crippen molar-refractivity contribution >= 4 is 11.9 Å². The standard InChI is InChI=1S/C83H161NO5/c1-3-5-7-9-11-13-15-17-19-44-47-51-55-59-63-67-71-75-81(86)80(79-85)84-82(87)76-72-68-64-60-56-52-48-45-42-40-38-36-34-32-30-28-26-24-22-21-23-25-27-29-31-33-35-37-39-41-43-46-50-54-58-62-66-70-74-78-89-83(88)77-73-69-65-61-57-53-49-20-18-16-14-12-10-8-6-4-2/h20-22,49,80-81,85-86H,3-19,23-48,50-79H2,1-2H3,(H,84,87)/b22-21-,49-20-. The number of aliphatic hydroxyl groups is 2. The molecule has 3 N–H and O–H groups in total. The Morgan fingerprint density at radius 1 is 0.303 bits per heavy atom. The molecule has 0 rings (SSSR count). The summed E-state index contributed by atoms with van der Waals surface area (Å²) in [6.07, 6.45) is 101. The minimum absolute atomic E-state index is 0.0160. The fourth-order valence-corrected chi connectivity index (χ4v) is 13.2. The molecule has 0 aromatic rings. The molecule has 0 aromatic heterocycles. The summed E-state index contributed by atoms with van der Waals surface area (Å²) in [6, 6.07) is -0.538. The average molecular weight is 1250 g/mol. The number of nitrogens with one attached hydrogen (secondary N) is 1. The molecule has 6 nitrogen and oxygen atoms in total. The Morgan fingerprint density at radius 2 is 0.528 bits per heavy atom. The number of carbonyl (C=O) groups is 2. The second-order valence-corrected chi connectivity index (χ2v) is 28.5. The highest BCUT2D eigenvalue weighted by Gasteiger charge is 2.20. The number of allylic oxidation sites excluding steroid dienone is 4. The Bertz CT molecular complexity index is 1400. The number of carbonyl (C=O) groups excluding carboxylic acids is 2. The van der Waals surface area contributed by atoms with Gasteiger partial charge in [0.15, 0.2) is 0 Å². The van der Waals surface area contributed by atoms with Crippen molar-refractivity contribution in [2.24, 2.45) is 0 Å². The SMILES string of the molecule is CCCCCCCCC/C=C\CCCCCCCC(=O)OCCCCCCCCCCCCCCCCCCCC/C=C\CCCCCCCCCCCCCCCCCCCC(=O)NC(CO)C(O)CCCCCCCCCCCCCCCCCCC. The maximum Gasteiger partial charge on any atom is 0.305 e. The second-order valence-electron chi connectivity index (χ2n) is 28.5. The normalized spacial score (nSPS) is 12.5. The van der Waals surface area contributed by atoms with E-state index >= 15 is 0 Å². The Morgan fingerprint density at radius 3 is 0.798 bits per heavy atom. The average Bonchev–Trinajstić information content (AvgIpc) is 3.63. The van der Waals surface area contributed by atoms with Gasteiger partial charge in [0.1, 0.15) is 0 Å². The summed E-state index contributed by atoms with van der Waals surface area (Å²) in [5.41, 5.74) is 0. The fraction of sp³-hybridized carbons (Fsp3) is 0.928. The summed E-state index contributed by atoms with van der Waals surface area (Å²) >= 11 is 0. The molecule has 528 valence electrons. The van der Waals surface area contributed by atoms with E-state index in [-0.39, 0.29) is 18.5 Å². The van der Waals surface area contributed by atoms with E-state index in [2.05, 4.69) is 43.5 Å². The lowest BCUT2D eigenvalue weighted by Crippen LogP contribution is -2.45. The third-order valence-electron chi connectivity index (χ3n) is 19.5. The van der Waals surface area contributed by atoms with Crippen molar-refractivity contribution in [2.45, 2.75) is 482 Å². The lowest BCUT2D eigenvalue weighted by Gasteiger charge is -2.22. The van der Waals surface area contributed by atoms with Crippen LogP contribution in [-0.2, 0) is 14.3 Å². The molecule has 0 aromatic carbocycles. The fourth-order valence-electron chi connectivity index (χ4n) is 13.2. The topological polar surface area (TPSA) is 95.9 Å². The summed E-state index contributed by atoms with van der Waals surface area (Å²) in [6.45, 7) is 5.00. The first-order valence-electron chi connectivity index (χ1n) is 41.1. The van der Waals surface area contributed by atoms with Crippen molar-refractivity contribution in [3.63, 3.8) is 0 Å². The smallest absolute Gasteiger partial charge is 0.305 e. The summed E-state index contributed by atoms with van der Waals surface area (Å²) in [5.74, 6) is -0.0101. The minimum atomic E-state index is -0.661. The van der Waals surface area contributed by atoms with Gasteiger partial charge in [0, 0.05) is 12.8 Å². The molecule has 89 heavy (non-hydrogen) atoms. The van der Waals surface area contributed by atoms with E-state index in [1.54, 1.807) is 0 Å². The van der Waals surface area contributed by atoms with Crippen molar-refractivity contribution in [1.29, 1.82) is 0 Å². The maximum absolute atomic E-state index is 12.5. The van der Waals surface area contributed by atoms with Crippen LogP contribution in [0.4, 0.5) is 0 Å². The zero-order valence-electron chi connectivity index (χ0n) is 60.7. The van der Waals surface area contributed by atoms with Crippen LogP contribution < -0.4 is 5.32 Å². The van der Waals surface area contributed by atoms with Gasteiger partial charge in [-0.05, 0) is 77.0 Å². The number of amides is 1. The highest BCUT2D eigenvalue weighted by Crippen LogP contribution is 2.20. The van der Waals surface area contributed by atoms with Crippen LogP contribution in [0.3, 0.4) is 0 Å². The zero-order valence-corrected chi connectivity index (χ0v) is 60.7. The summed E-state index contributed by atoms with van der Waals surface area (Å²) in [7, 11) is 0. The first-order valence-corrected chi connectivity index (χ1v) is 41.1. The van der Waals surface area contributed by atoms with Gasteiger partial charge in [0.25, 0.3) is 0 Å². The van der Waals surface area contributed by atoms with Crippen molar-refractivity contribution < 1.29 is 24.5 Å². The molecule has 0 aliphatic carbocycles. The van der Waals surface area contributed by atoms with E-state index < -0.39 is 12.1 Å². The number of unbranched alkanes of at least 4 members (excludes halogenated alkanes) is 63. The number of rotatable bonds is 78. The van der Waals surface area contributed by atoms with Crippen LogP contribution in [0.25, 0.3) is 0 Å². The molecule has 0 spiro atoms. The van der Waals surface area contributed by atoms with Gasteiger partial charge in [-0.25, -0.2) is 0 Å². The van der Waals surface area contributed by atoms with Gasteiger partial charge in [-0.2, -0.15) is 0 Å². The van der Waals surface area contributed by atoms with E-state index in [1.165, 1.54) is 392 Å². The van der Waals surface area contributed by atoms with Crippen LogP contribution >= 0.6 is 0 Å². The van der Waals surface area contributed by atoms with Gasteiger partial charge >= 0.3 is 5.97 Å². The predicted octanol–water partition coefficient (Wildman–Crippen LogP) is 27.2. The molecule has 0 aliphatic heterocycles. The van der Waals surface area contributed by atoms with E-state index in [0.29, 0.717) is 25.9 Å². The zero-order chi connectivity index (χ0) is 64.2. The van der Waals surface area contributed by atoms with Gasteiger partial charge in [0.05, 0.1) is 25.4 Å². The molecule has 1 amide bonds. The van der Waals surface area contributed by atoms with Crippen molar-refractivity contribution in [1.82, 2.24) is 5.32 Å². The molecule has 2 atom stereocenters. The Labute approximate surface area is 558 Å². The molecule has 0 heterocycles. The third-order valence-corrected chi connectivity index (χ3v) is 19.5. The highest BCUT2D eigenvalue weighted by atomic mass is 16.5. The monoisotopic (exact) mass is 1250 g/mol.